The van der Waals surface area contributed by atoms with Gasteiger partial charge >= 0.3 is 0 Å². The minimum atomic E-state index is -4.18. The minimum Gasteiger partial charge on any atom is -0.324 e. The van der Waals surface area contributed by atoms with E-state index < -0.39 is 32.2 Å². The van der Waals surface area contributed by atoms with Crippen LogP contribution >= 0.6 is 0 Å². The molecule has 0 bridgehead atoms. The molecule has 9 nitrogen and oxygen atoms in total. The SMILES string of the molecule is CC(C)N1N=C(F)C2(CCCCC2)n2c1cc1cnc(Nc3ccc(S(N)(=O)=O)c(F)c3)nc12. The third-order valence-electron chi connectivity index (χ3n) is 6.43. The van der Waals surface area contributed by atoms with E-state index >= 15 is 4.39 Å². The summed E-state index contributed by atoms with van der Waals surface area (Å²) in [4.78, 5) is 8.37. The first-order chi connectivity index (χ1) is 16.1. The largest absolute Gasteiger partial charge is 0.324 e. The lowest BCUT2D eigenvalue weighted by molar-refractivity contribution is 0.261. The highest BCUT2D eigenvalue weighted by molar-refractivity contribution is 7.89. The summed E-state index contributed by atoms with van der Waals surface area (Å²) >= 11 is 0. The lowest BCUT2D eigenvalue weighted by atomic mass is 9.81. The van der Waals surface area contributed by atoms with Gasteiger partial charge in [0.05, 0.1) is 0 Å². The first-order valence-electron chi connectivity index (χ1n) is 11.1. The topological polar surface area (TPSA) is 118 Å². The summed E-state index contributed by atoms with van der Waals surface area (Å²) in [6.07, 6.45) is 5.68. The number of nitrogens with two attached hydrogens (primary N) is 1. The number of halogens is 2. The number of hydrazone groups is 1. The van der Waals surface area contributed by atoms with E-state index in [1.54, 1.807) is 11.2 Å². The molecule has 34 heavy (non-hydrogen) atoms. The van der Waals surface area contributed by atoms with Crippen LogP contribution in [0.2, 0.25) is 0 Å². The number of fused-ring (bicyclic) bond motifs is 4. The van der Waals surface area contributed by atoms with Crippen LogP contribution in [0.1, 0.15) is 46.0 Å². The van der Waals surface area contributed by atoms with E-state index in [1.165, 1.54) is 6.07 Å². The molecule has 0 unspecified atom stereocenters. The Morgan fingerprint density at radius 1 is 1.15 bits per heavy atom. The number of primary sulfonamides is 1. The monoisotopic (exact) mass is 489 g/mol. The van der Waals surface area contributed by atoms with E-state index in [-0.39, 0.29) is 17.7 Å². The Morgan fingerprint density at radius 2 is 1.88 bits per heavy atom. The number of aromatic nitrogens is 3. The van der Waals surface area contributed by atoms with Crippen molar-refractivity contribution in [2.45, 2.75) is 62.4 Å². The number of benzene rings is 1. The smallest absolute Gasteiger partial charge is 0.240 e. The number of sulfonamides is 1. The second-order valence-electron chi connectivity index (χ2n) is 9.05. The zero-order chi connectivity index (χ0) is 24.3. The summed E-state index contributed by atoms with van der Waals surface area (Å²) in [5.41, 5.74) is -0.0967. The molecule has 0 atom stereocenters. The highest BCUT2D eigenvalue weighted by Gasteiger charge is 2.46. The van der Waals surface area contributed by atoms with Crippen LogP contribution in [0.5, 0.6) is 0 Å². The van der Waals surface area contributed by atoms with E-state index in [0.717, 1.165) is 42.6 Å². The third-order valence-corrected chi connectivity index (χ3v) is 7.37. The molecule has 5 rings (SSSR count). The molecule has 1 aliphatic heterocycles. The molecule has 3 aromatic rings. The van der Waals surface area contributed by atoms with Crippen molar-refractivity contribution in [1.82, 2.24) is 14.5 Å². The molecule has 180 valence electrons. The van der Waals surface area contributed by atoms with Crippen molar-refractivity contribution in [3.63, 3.8) is 0 Å². The molecule has 3 heterocycles. The Bertz CT molecular complexity index is 1410. The van der Waals surface area contributed by atoms with Gasteiger partial charge in [-0.1, -0.05) is 19.3 Å². The maximum Gasteiger partial charge on any atom is 0.240 e. The Morgan fingerprint density at radius 3 is 2.53 bits per heavy atom. The van der Waals surface area contributed by atoms with Gasteiger partial charge in [-0.05, 0) is 51.0 Å². The van der Waals surface area contributed by atoms with Crippen molar-refractivity contribution in [3.05, 3.63) is 36.3 Å². The van der Waals surface area contributed by atoms with Crippen LogP contribution in [0, 0.1) is 5.82 Å². The molecule has 1 saturated carbocycles. The Kier molecular flexibility index (Phi) is 5.32. The highest BCUT2D eigenvalue weighted by atomic mass is 32.2. The van der Waals surface area contributed by atoms with E-state index in [0.29, 0.717) is 18.5 Å². The summed E-state index contributed by atoms with van der Waals surface area (Å²) in [6, 6.07) is 5.30. The average Bonchev–Trinajstić information content (AvgIpc) is 3.15. The van der Waals surface area contributed by atoms with Gasteiger partial charge < -0.3 is 5.32 Å². The zero-order valence-electron chi connectivity index (χ0n) is 18.8. The number of nitrogens with one attached hydrogen (secondary N) is 1. The normalized spacial score (nSPS) is 17.8. The van der Waals surface area contributed by atoms with Crippen LogP contribution < -0.4 is 15.5 Å². The van der Waals surface area contributed by atoms with E-state index in [9.17, 15) is 12.8 Å². The first kappa shape index (κ1) is 22.7. The molecular formula is C22H25F2N7O2S. The molecule has 1 aliphatic carbocycles. The number of nitrogens with zero attached hydrogens (tertiary/aromatic N) is 5. The number of hydrogen-bond donors (Lipinski definition) is 2. The summed E-state index contributed by atoms with van der Waals surface area (Å²) in [5, 5.41) is 14.6. The maximum absolute atomic E-state index is 15.6. The fourth-order valence-electron chi connectivity index (χ4n) is 4.84. The predicted molar refractivity (Wildman–Crippen MR) is 126 cm³/mol. The molecule has 0 radical (unpaired) electrons. The van der Waals surface area contributed by atoms with E-state index in [1.807, 2.05) is 24.5 Å². The molecular weight excluding hydrogens is 464 g/mol. The van der Waals surface area contributed by atoms with Gasteiger partial charge in [-0.25, -0.2) is 27.9 Å². The van der Waals surface area contributed by atoms with Crippen LogP contribution in [0.3, 0.4) is 0 Å². The molecule has 2 aliphatic rings. The van der Waals surface area contributed by atoms with Crippen LogP contribution in [0.25, 0.3) is 11.0 Å². The molecule has 1 fully saturated rings. The Balaban J connectivity index is 1.60. The molecule has 12 heteroatoms. The van der Waals surface area contributed by atoms with Crippen LogP contribution in [0.15, 0.2) is 40.5 Å². The summed E-state index contributed by atoms with van der Waals surface area (Å²) in [5.74, 6) is -0.482. The molecule has 0 amide bonds. The van der Waals surface area contributed by atoms with Crippen molar-refractivity contribution < 1.29 is 17.2 Å². The molecule has 3 N–H and O–H groups in total. The fraction of sp³-hybridized carbons (Fsp3) is 0.409. The van der Waals surface area contributed by atoms with Gasteiger partial charge in [0.15, 0.2) is 0 Å². The molecule has 1 spiro atoms. The fourth-order valence-corrected chi connectivity index (χ4v) is 5.43. The standard InChI is InChI=1S/C22H25F2N7O2S/c1-13(2)31-18-10-14-12-26-21(27-15-6-7-17(16(23)11-15)34(25,32)33)28-19(14)30(18)22(20(24)29-31)8-4-3-5-9-22/h6-7,10-13H,3-5,8-9H2,1-2H3,(H2,25,32,33)(H,26,27,28). The van der Waals surface area contributed by atoms with Gasteiger partial charge in [-0.3, -0.25) is 4.57 Å². The first-order valence-corrected chi connectivity index (χ1v) is 12.7. The summed E-state index contributed by atoms with van der Waals surface area (Å²) in [7, 11) is -4.18. The van der Waals surface area contributed by atoms with Crippen molar-refractivity contribution in [3.8, 4) is 0 Å². The second-order valence-corrected chi connectivity index (χ2v) is 10.6. The number of hydrogen-bond acceptors (Lipinski definition) is 7. The zero-order valence-corrected chi connectivity index (χ0v) is 19.6. The summed E-state index contributed by atoms with van der Waals surface area (Å²) < 4.78 is 54.7. The lowest BCUT2D eigenvalue weighted by Gasteiger charge is -2.43. The molecule has 1 aromatic carbocycles. The van der Waals surface area contributed by atoms with Crippen LogP contribution in [-0.2, 0) is 15.6 Å². The van der Waals surface area contributed by atoms with Crippen LogP contribution in [-0.4, -0.2) is 35.0 Å². The van der Waals surface area contributed by atoms with E-state index in [2.05, 4.69) is 20.4 Å². The Hall–Kier alpha value is -3.12. The predicted octanol–water partition coefficient (Wildman–Crippen LogP) is 4.13. The van der Waals surface area contributed by atoms with Gasteiger partial charge in [0.2, 0.25) is 21.9 Å². The van der Waals surface area contributed by atoms with Gasteiger partial charge in [0.25, 0.3) is 0 Å². The quantitative estimate of drug-likeness (QED) is 0.569. The van der Waals surface area contributed by atoms with Crippen LogP contribution in [0.4, 0.5) is 26.2 Å². The van der Waals surface area contributed by atoms with Crippen molar-refractivity contribution in [1.29, 1.82) is 0 Å². The molecule has 2 aromatic heterocycles. The maximum atomic E-state index is 15.6. The molecule has 0 saturated heterocycles. The van der Waals surface area contributed by atoms with Crippen molar-refractivity contribution in [2.75, 3.05) is 10.3 Å². The number of rotatable bonds is 4. The van der Waals surface area contributed by atoms with Crippen molar-refractivity contribution >= 4 is 44.5 Å². The van der Waals surface area contributed by atoms with E-state index in [4.69, 9.17) is 5.14 Å². The highest BCUT2D eigenvalue weighted by Crippen LogP contribution is 2.46. The van der Waals surface area contributed by atoms with Crippen molar-refractivity contribution in [2.24, 2.45) is 10.2 Å². The Labute approximate surface area is 195 Å². The average molecular weight is 490 g/mol. The lowest BCUT2D eigenvalue weighted by Crippen LogP contribution is -2.48. The number of anilines is 3. The summed E-state index contributed by atoms with van der Waals surface area (Å²) in [6.45, 7) is 3.88. The van der Waals surface area contributed by atoms with Gasteiger partial charge in [-0.2, -0.15) is 9.37 Å². The van der Waals surface area contributed by atoms with Gasteiger partial charge in [0.1, 0.15) is 27.7 Å². The third kappa shape index (κ3) is 3.61. The van der Waals surface area contributed by atoms with Gasteiger partial charge in [-0.15, -0.1) is 5.10 Å². The second kappa shape index (κ2) is 7.98. The van der Waals surface area contributed by atoms with Gasteiger partial charge in [0, 0.05) is 23.3 Å². The minimum absolute atomic E-state index is 0.0689.